The molecule has 2 aromatic rings. The second-order valence-corrected chi connectivity index (χ2v) is 8.55. The number of ether oxygens (including phenoxy) is 1. The molecule has 1 aromatic heterocycles. The van der Waals surface area contributed by atoms with E-state index in [0.29, 0.717) is 13.1 Å². The topological polar surface area (TPSA) is 70.9 Å². The maximum Gasteiger partial charge on any atom is 0.267 e. The number of anilines is 2. The van der Waals surface area contributed by atoms with Gasteiger partial charge in [0, 0.05) is 56.8 Å². The second-order valence-electron chi connectivity index (χ2n) is 7.33. The van der Waals surface area contributed by atoms with Crippen LogP contribution in [0.15, 0.2) is 41.2 Å². The van der Waals surface area contributed by atoms with Crippen LogP contribution in [0.1, 0.15) is 0 Å². The fourth-order valence-corrected chi connectivity index (χ4v) is 4.73. The maximum absolute atomic E-state index is 12.8. The van der Waals surface area contributed by atoms with Gasteiger partial charge in [-0.2, -0.15) is 16.9 Å². The average Bonchev–Trinajstić information content (AvgIpc) is 2.81. The molecule has 2 fully saturated rings. The summed E-state index contributed by atoms with van der Waals surface area (Å²) in [5.74, 6) is 3.63. The molecule has 2 saturated heterocycles. The van der Waals surface area contributed by atoms with E-state index in [-0.39, 0.29) is 18.0 Å². The van der Waals surface area contributed by atoms with E-state index >= 15 is 0 Å². The Hall–Kier alpha value is -2.68. The molecule has 4 rings (SSSR count). The summed E-state index contributed by atoms with van der Waals surface area (Å²) in [6.07, 6.45) is 0. The summed E-state index contributed by atoms with van der Waals surface area (Å²) in [6, 6.07) is 11.2. The molecule has 0 atom stereocenters. The zero-order chi connectivity index (χ0) is 20.9. The number of amides is 1. The Morgan fingerprint density at radius 3 is 2.47 bits per heavy atom. The van der Waals surface area contributed by atoms with Crippen LogP contribution in [0, 0.1) is 0 Å². The van der Waals surface area contributed by atoms with Gasteiger partial charge in [0.15, 0.2) is 0 Å². The number of para-hydroxylation sites is 2. The van der Waals surface area contributed by atoms with Crippen LogP contribution in [0.5, 0.6) is 5.75 Å². The van der Waals surface area contributed by atoms with Gasteiger partial charge in [-0.25, -0.2) is 4.68 Å². The summed E-state index contributed by atoms with van der Waals surface area (Å²) in [5, 5.41) is 4.46. The van der Waals surface area contributed by atoms with E-state index in [9.17, 15) is 9.59 Å². The molecule has 8 nitrogen and oxygen atoms in total. The van der Waals surface area contributed by atoms with Crippen LogP contribution in [-0.4, -0.2) is 78.5 Å². The van der Waals surface area contributed by atoms with Gasteiger partial charge in [0.2, 0.25) is 5.91 Å². The van der Waals surface area contributed by atoms with E-state index in [0.717, 1.165) is 54.9 Å². The molecule has 9 heteroatoms. The van der Waals surface area contributed by atoms with E-state index in [2.05, 4.69) is 14.9 Å². The first-order valence-corrected chi connectivity index (χ1v) is 11.4. The maximum atomic E-state index is 12.8. The van der Waals surface area contributed by atoms with Gasteiger partial charge in [-0.15, -0.1) is 0 Å². The average molecular weight is 430 g/mol. The van der Waals surface area contributed by atoms with Crippen molar-refractivity contribution in [3.63, 3.8) is 0 Å². The summed E-state index contributed by atoms with van der Waals surface area (Å²) in [5.41, 5.74) is 0.795. The van der Waals surface area contributed by atoms with Crippen molar-refractivity contribution in [3.05, 3.63) is 46.8 Å². The highest BCUT2D eigenvalue weighted by molar-refractivity contribution is 7.99. The Labute approximate surface area is 180 Å². The highest BCUT2D eigenvalue weighted by atomic mass is 32.2. The van der Waals surface area contributed by atoms with Gasteiger partial charge in [-0.05, 0) is 18.2 Å². The van der Waals surface area contributed by atoms with Gasteiger partial charge in [0.25, 0.3) is 5.56 Å². The molecule has 0 spiro atoms. The molecule has 0 aliphatic carbocycles. The Balaban J connectivity index is 1.38. The number of carbonyl (C=O) groups excluding carboxylic acids is 1. The van der Waals surface area contributed by atoms with Crippen LogP contribution in [0.4, 0.5) is 11.5 Å². The Bertz CT molecular complexity index is 936. The highest BCUT2D eigenvalue weighted by Crippen LogP contribution is 2.28. The van der Waals surface area contributed by atoms with E-state index < -0.39 is 0 Å². The lowest BCUT2D eigenvalue weighted by Crippen LogP contribution is -2.50. The number of benzene rings is 1. The number of rotatable bonds is 5. The smallest absolute Gasteiger partial charge is 0.267 e. The number of aromatic nitrogens is 2. The molecular weight excluding hydrogens is 402 g/mol. The molecule has 160 valence electrons. The van der Waals surface area contributed by atoms with Crippen molar-refractivity contribution >= 4 is 29.2 Å². The van der Waals surface area contributed by atoms with Crippen LogP contribution in [-0.2, 0) is 11.3 Å². The third-order valence-corrected chi connectivity index (χ3v) is 6.47. The number of piperazine rings is 1. The first-order valence-electron chi connectivity index (χ1n) is 10.2. The van der Waals surface area contributed by atoms with Crippen molar-refractivity contribution in [2.24, 2.45) is 0 Å². The van der Waals surface area contributed by atoms with Gasteiger partial charge in [-0.1, -0.05) is 12.1 Å². The van der Waals surface area contributed by atoms with Gasteiger partial charge >= 0.3 is 0 Å². The molecule has 0 radical (unpaired) electrons. The minimum Gasteiger partial charge on any atom is -0.495 e. The summed E-state index contributed by atoms with van der Waals surface area (Å²) in [4.78, 5) is 31.3. The number of methoxy groups -OCH3 is 1. The van der Waals surface area contributed by atoms with Gasteiger partial charge < -0.3 is 19.4 Å². The zero-order valence-electron chi connectivity index (χ0n) is 17.2. The van der Waals surface area contributed by atoms with Crippen molar-refractivity contribution in [2.75, 3.05) is 67.7 Å². The standard InChI is InChI=1S/C21H27N5O3S/c1-29-18-5-3-2-4-17(18)23-8-10-25(11-9-23)21(28)16-26-20(27)7-6-19(22-26)24-12-14-30-15-13-24/h2-7H,8-16H2,1H3. The fraction of sp³-hybridized carbons (Fsp3) is 0.476. The van der Waals surface area contributed by atoms with E-state index in [1.165, 1.54) is 10.7 Å². The van der Waals surface area contributed by atoms with Crippen molar-refractivity contribution in [2.45, 2.75) is 6.54 Å². The molecule has 0 saturated carbocycles. The number of hydrogen-bond donors (Lipinski definition) is 0. The molecule has 2 aliphatic rings. The van der Waals surface area contributed by atoms with Crippen molar-refractivity contribution < 1.29 is 9.53 Å². The van der Waals surface area contributed by atoms with Crippen LogP contribution in [0.25, 0.3) is 0 Å². The van der Waals surface area contributed by atoms with E-state index in [4.69, 9.17) is 4.74 Å². The molecular formula is C21H27N5O3S. The third-order valence-electron chi connectivity index (χ3n) is 5.53. The number of thioether (sulfide) groups is 1. The molecule has 0 bridgehead atoms. The highest BCUT2D eigenvalue weighted by Gasteiger charge is 2.24. The van der Waals surface area contributed by atoms with Crippen LogP contribution >= 0.6 is 11.8 Å². The molecule has 3 heterocycles. The Morgan fingerprint density at radius 1 is 1.00 bits per heavy atom. The summed E-state index contributed by atoms with van der Waals surface area (Å²) >= 11 is 1.92. The number of hydrogen-bond acceptors (Lipinski definition) is 7. The number of carbonyl (C=O) groups is 1. The lowest BCUT2D eigenvalue weighted by molar-refractivity contribution is -0.132. The molecule has 2 aliphatic heterocycles. The second kappa shape index (κ2) is 9.42. The summed E-state index contributed by atoms with van der Waals surface area (Å²) in [6.45, 7) is 4.45. The zero-order valence-corrected chi connectivity index (χ0v) is 18.0. The predicted octanol–water partition coefficient (Wildman–Crippen LogP) is 1.15. The fourth-order valence-electron chi connectivity index (χ4n) is 3.83. The first-order chi connectivity index (χ1) is 14.7. The third kappa shape index (κ3) is 4.56. The Kier molecular flexibility index (Phi) is 6.47. The largest absolute Gasteiger partial charge is 0.495 e. The van der Waals surface area contributed by atoms with Crippen molar-refractivity contribution in [3.8, 4) is 5.75 Å². The van der Waals surface area contributed by atoms with Crippen LogP contribution in [0.3, 0.4) is 0 Å². The Morgan fingerprint density at radius 2 is 1.73 bits per heavy atom. The first kappa shape index (κ1) is 20.6. The lowest BCUT2D eigenvalue weighted by atomic mass is 10.2. The van der Waals surface area contributed by atoms with Crippen LogP contribution in [0.2, 0.25) is 0 Å². The molecule has 1 aromatic carbocycles. The van der Waals surface area contributed by atoms with Crippen LogP contribution < -0.4 is 20.1 Å². The minimum atomic E-state index is -0.244. The molecule has 0 unspecified atom stereocenters. The number of nitrogens with zero attached hydrogens (tertiary/aromatic N) is 5. The normalized spacial score (nSPS) is 17.2. The monoisotopic (exact) mass is 429 g/mol. The van der Waals surface area contributed by atoms with Gasteiger partial charge in [-0.3, -0.25) is 9.59 Å². The lowest BCUT2D eigenvalue weighted by Gasteiger charge is -2.36. The van der Waals surface area contributed by atoms with Crippen molar-refractivity contribution in [1.29, 1.82) is 0 Å². The quantitative estimate of drug-likeness (QED) is 0.706. The SMILES string of the molecule is COc1ccccc1N1CCN(C(=O)Cn2nc(N3CCSCC3)ccc2=O)CC1. The van der Waals surface area contributed by atoms with E-state index in [1.54, 1.807) is 13.2 Å². The summed E-state index contributed by atoms with van der Waals surface area (Å²) in [7, 11) is 1.67. The minimum absolute atomic E-state index is 0.0239. The van der Waals surface area contributed by atoms with Gasteiger partial charge in [0.1, 0.15) is 18.1 Å². The predicted molar refractivity (Wildman–Crippen MR) is 120 cm³/mol. The van der Waals surface area contributed by atoms with Crippen molar-refractivity contribution in [1.82, 2.24) is 14.7 Å². The molecule has 1 amide bonds. The molecule has 30 heavy (non-hydrogen) atoms. The van der Waals surface area contributed by atoms with E-state index in [1.807, 2.05) is 40.9 Å². The molecule has 0 N–H and O–H groups in total. The summed E-state index contributed by atoms with van der Waals surface area (Å²) < 4.78 is 6.75. The van der Waals surface area contributed by atoms with Gasteiger partial charge in [0.05, 0.1) is 12.8 Å².